The van der Waals surface area contributed by atoms with Gasteiger partial charge in [0.05, 0.1) is 13.1 Å². The Morgan fingerprint density at radius 3 is 2.25 bits per heavy atom. The van der Waals surface area contributed by atoms with E-state index in [2.05, 4.69) is 31.8 Å². The molecule has 48 heavy (non-hydrogen) atoms. The molecule has 0 aliphatic carbocycles. The van der Waals surface area contributed by atoms with E-state index < -0.39 is 41.8 Å². The second kappa shape index (κ2) is 18.0. The fourth-order valence-corrected chi connectivity index (χ4v) is 4.91. The van der Waals surface area contributed by atoms with Gasteiger partial charge in [-0.05, 0) is 42.3 Å². The summed E-state index contributed by atoms with van der Waals surface area (Å²) in [6.07, 6.45) is 0.391. The minimum atomic E-state index is -1.26. The maximum absolute atomic E-state index is 13.9. The van der Waals surface area contributed by atoms with E-state index in [0.29, 0.717) is 40.2 Å². The van der Waals surface area contributed by atoms with E-state index in [9.17, 15) is 24.0 Å². The normalized spacial score (nSPS) is 17.9. The van der Waals surface area contributed by atoms with Crippen molar-refractivity contribution in [2.24, 2.45) is 28.3 Å². The number of likely N-dealkylation sites (N-methyl/N-ethyl adjacent to an activating group) is 1. The average Bonchev–Trinajstić information content (AvgIpc) is 3.08. The fourth-order valence-electron chi connectivity index (χ4n) is 4.91. The zero-order valence-corrected chi connectivity index (χ0v) is 26.8. The summed E-state index contributed by atoms with van der Waals surface area (Å²) in [5, 5.41) is 13.7. The van der Waals surface area contributed by atoms with Crippen LogP contribution in [-0.2, 0) is 30.4 Å². The second-order valence-corrected chi connectivity index (χ2v) is 10.7. The van der Waals surface area contributed by atoms with Crippen molar-refractivity contribution in [1.29, 1.82) is 0 Å². The first-order chi connectivity index (χ1) is 23.1. The van der Waals surface area contributed by atoms with Crippen LogP contribution in [0.1, 0.15) is 24.1 Å². The molecule has 3 rings (SSSR count). The molecule has 0 fully saturated rings. The highest BCUT2D eigenvalue weighted by Gasteiger charge is 2.33. The van der Waals surface area contributed by atoms with Crippen LogP contribution in [-0.4, -0.2) is 99.3 Å². The van der Waals surface area contributed by atoms with Gasteiger partial charge in [0.2, 0.25) is 30.0 Å². The van der Waals surface area contributed by atoms with Crippen molar-refractivity contribution in [3.8, 4) is 22.6 Å². The Morgan fingerprint density at radius 1 is 1.00 bits per heavy atom. The summed E-state index contributed by atoms with van der Waals surface area (Å²) < 4.78 is 12.0. The smallest absolute Gasteiger partial charge is 0.248 e. The third-order valence-corrected chi connectivity index (χ3v) is 7.35. The number of ether oxygens (including phenoxy) is 2. The van der Waals surface area contributed by atoms with Gasteiger partial charge in [0.15, 0.2) is 5.84 Å². The van der Waals surface area contributed by atoms with Crippen LogP contribution < -0.4 is 59.3 Å². The summed E-state index contributed by atoms with van der Waals surface area (Å²) >= 11 is 0. The molecule has 260 valence electrons. The highest BCUT2D eigenvalue weighted by Crippen LogP contribution is 2.40. The zero-order valence-electron chi connectivity index (χ0n) is 26.8. The molecule has 0 radical (unpaired) electrons. The molecule has 18 nitrogen and oxygen atoms in total. The first-order valence-corrected chi connectivity index (χ1v) is 15.1. The van der Waals surface area contributed by atoms with Crippen molar-refractivity contribution in [3.63, 3.8) is 0 Å². The zero-order chi connectivity index (χ0) is 35.2. The van der Waals surface area contributed by atoms with Crippen LogP contribution in [0.25, 0.3) is 11.1 Å². The number of nitrogens with one attached hydrogen (secondary N) is 5. The van der Waals surface area contributed by atoms with Crippen molar-refractivity contribution in [1.82, 2.24) is 31.6 Å². The standard InChI is InChI=1S/C30H43N11O7/c1-17-28(44)38-22(29(45)36-14-25(39-33)40-34)12-18-3-5-23(47-9-7-31)20(11-18)21-13-19(4-6-24(21)48-10-8-32)27(30(46)37-17)41(2)26(43)15-35-16-42/h3-6,11,13,16-17,22,27H,7-10,12,14-15,31-34H2,1-2H3,(H,35,42)(H,36,45)(H,37,46)(H,38,44)(H,39,40)/t17-,22?,27?/m0/s1. The lowest BCUT2D eigenvalue weighted by molar-refractivity contribution is -0.140. The van der Waals surface area contributed by atoms with E-state index in [0.717, 1.165) is 4.90 Å². The van der Waals surface area contributed by atoms with Crippen molar-refractivity contribution in [2.75, 3.05) is 46.4 Å². The van der Waals surface area contributed by atoms with Crippen LogP contribution >= 0.6 is 0 Å². The number of amidine groups is 1. The molecule has 1 heterocycles. The monoisotopic (exact) mass is 669 g/mol. The topological polar surface area (TPSA) is 284 Å². The number of carbonyl (C=O) groups excluding carboxylic acids is 5. The maximum atomic E-state index is 13.9. The van der Waals surface area contributed by atoms with E-state index in [-0.39, 0.29) is 51.6 Å². The van der Waals surface area contributed by atoms with Crippen molar-refractivity contribution >= 4 is 35.9 Å². The molecule has 2 aromatic rings. The molecule has 1 aliphatic rings. The number of rotatable bonds is 13. The summed E-state index contributed by atoms with van der Waals surface area (Å²) in [4.78, 5) is 65.8. The molecule has 2 unspecified atom stereocenters. The first-order valence-electron chi connectivity index (χ1n) is 15.1. The lowest BCUT2D eigenvalue weighted by Crippen LogP contribution is -2.55. The predicted molar refractivity (Wildman–Crippen MR) is 176 cm³/mol. The Kier molecular flexibility index (Phi) is 13.9. The van der Waals surface area contributed by atoms with Gasteiger partial charge in [0.25, 0.3) is 0 Å². The lowest BCUT2D eigenvalue weighted by Gasteiger charge is -2.30. The Hall–Kier alpha value is -5.46. The summed E-state index contributed by atoms with van der Waals surface area (Å²) in [5.74, 6) is 9.02. The summed E-state index contributed by atoms with van der Waals surface area (Å²) in [6, 6.07) is 6.61. The minimum absolute atomic E-state index is 0.0237. The molecule has 0 saturated carbocycles. The van der Waals surface area contributed by atoms with Crippen LogP contribution in [0.15, 0.2) is 41.5 Å². The van der Waals surface area contributed by atoms with Gasteiger partial charge >= 0.3 is 0 Å². The molecule has 0 spiro atoms. The van der Waals surface area contributed by atoms with Crippen LogP contribution in [0.5, 0.6) is 11.5 Å². The number of hydrazine groups is 1. The van der Waals surface area contributed by atoms with E-state index in [4.69, 9.17) is 32.6 Å². The molecule has 1 aliphatic heterocycles. The van der Waals surface area contributed by atoms with E-state index in [1.807, 2.05) is 0 Å². The molecule has 3 atom stereocenters. The van der Waals surface area contributed by atoms with Gasteiger partial charge in [-0.2, -0.15) is 5.10 Å². The number of amides is 5. The fraction of sp³-hybridized carbons (Fsp3) is 0.400. The molecular weight excluding hydrogens is 626 g/mol. The average molecular weight is 670 g/mol. The number of hydrogen-bond donors (Lipinski definition) is 9. The molecular formula is C30H43N11O7. The van der Waals surface area contributed by atoms with Crippen molar-refractivity contribution < 1.29 is 33.4 Å². The Labute approximate surface area is 277 Å². The molecule has 13 N–H and O–H groups in total. The van der Waals surface area contributed by atoms with Gasteiger partial charge in [0, 0.05) is 37.7 Å². The lowest BCUT2D eigenvalue weighted by atomic mass is 9.93. The van der Waals surface area contributed by atoms with Gasteiger partial charge in [0.1, 0.15) is 42.8 Å². The first kappa shape index (κ1) is 37.0. The molecule has 18 heteroatoms. The number of benzene rings is 2. The molecule has 4 bridgehead atoms. The van der Waals surface area contributed by atoms with Gasteiger partial charge < -0.3 is 58.4 Å². The van der Waals surface area contributed by atoms with Crippen molar-refractivity contribution in [3.05, 3.63) is 47.5 Å². The van der Waals surface area contributed by atoms with Crippen molar-refractivity contribution in [2.45, 2.75) is 31.5 Å². The van der Waals surface area contributed by atoms with Crippen LogP contribution in [0.4, 0.5) is 0 Å². The van der Waals surface area contributed by atoms with E-state index in [1.54, 1.807) is 36.4 Å². The molecule has 0 saturated heterocycles. The summed E-state index contributed by atoms with van der Waals surface area (Å²) in [6.45, 7) is 1.69. The number of nitrogens with two attached hydrogens (primary N) is 4. The van der Waals surface area contributed by atoms with Crippen LogP contribution in [0.2, 0.25) is 0 Å². The Balaban J connectivity index is 2.25. The third-order valence-electron chi connectivity index (χ3n) is 7.35. The van der Waals surface area contributed by atoms with Crippen LogP contribution in [0.3, 0.4) is 0 Å². The minimum Gasteiger partial charge on any atom is -0.492 e. The summed E-state index contributed by atoms with van der Waals surface area (Å²) in [5.41, 5.74) is 15.7. The Bertz CT molecular complexity index is 1500. The second-order valence-electron chi connectivity index (χ2n) is 10.7. The third kappa shape index (κ3) is 9.53. The van der Waals surface area contributed by atoms with Gasteiger partial charge in [-0.1, -0.05) is 12.1 Å². The Morgan fingerprint density at radius 2 is 1.65 bits per heavy atom. The maximum Gasteiger partial charge on any atom is 0.248 e. The highest BCUT2D eigenvalue weighted by atomic mass is 16.5. The van der Waals surface area contributed by atoms with Gasteiger partial charge in [-0.15, -0.1) is 0 Å². The largest absolute Gasteiger partial charge is 0.492 e. The molecule has 5 amide bonds. The number of nitrogens with zero attached hydrogens (tertiary/aromatic N) is 2. The molecule has 0 aromatic heterocycles. The quantitative estimate of drug-likeness (QED) is 0.0333. The van der Waals surface area contributed by atoms with Gasteiger partial charge in [-0.25, -0.2) is 5.84 Å². The van der Waals surface area contributed by atoms with Crippen LogP contribution in [0, 0.1) is 0 Å². The number of carbonyl (C=O) groups is 5. The van der Waals surface area contributed by atoms with E-state index in [1.165, 1.54) is 14.0 Å². The summed E-state index contributed by atoms with van der Waals surface area (Å²) in [7, 11) is 1.40. The number of hydrazone groups is 1. The van der Waals surface area contributed by atoms with Gasteiger partial charge in [-0.3, -0.25) is 24.0 Å². The highest BCUT2D eigenvalue weighted by molar-refractivity contribution is 5.96. The predicted octanol–water partition coefficient (Wildman–Crippen LogP) is -3.33. The number of hydrogen-bond acceptors (Lipinski definition) is 12. The number of fused-ring (bicyclic) bond motifs is 5. The molecule has 2 aromatic carbocycles. The SMILES string of the molecule is C[C@@H]1NC(=O)C(N(C)C(=O)CNC=O)c2ccc(OCCN)c(c2)-c2cc(ccc2OCCN)CC(C(=O)NC/C(=N/N)NN)NC1=O. The van der Waals surface area contributed by atoms with E-state index >= 15 is 0 Å².